The quantitative estimate of drug-likeness (QED) is 0.749. The van der Waals surface area contributed by atoms with Gasteiger partial charge in [-0.15, -0.1) is 0 Å². The normalized spacial score (nSPS) is 16.3. The number of nitrogens with zero attached hydrogens (tertiary/aromatic N) is 6. The number of anilines is 1. The lowest BCUT2D eigenvalue weighted by molar-refractivity contribution is 0.243. The van der Waals surface area contributed by atoms with E-state index in [4.69, 9.17) is 0 Å². The lowest BCUT2D eigenvalue weighted by Crippen LogP contribution is -2.43. The Morgan fingerprint density at radius 3 is 3.04 bits per heavy atom. The standard InChI is InChI=1S/C16H18N8O/c1-11-4-6-17-15(8-11)24-14(5-7-19-24)22-16(25)21-12-2-3-13-18-10-20-23(13)9-12/h4-8,10,12H,2-3,9H2,1H3,(H2,21,22,25)/t12-/m1/s1. The number of rotatable bonds is 3. The molecular formula is C16H18N8O. The van der Waals surface area contributed by atoms with E-state index in [1.54, 1.807) is 29.5 Å². The number of aryl methyl sites for hydroxylation is 2. The lowest BCUT2D eigenvalue weighted by Gasteiger charge is -2.23. The second-order valence-corrected chi connectivity index (χ2v) is 6.01. The van der Waals surface area contributed by atoms with Gasteiger partial charge in [-0.05, 0) is 31.0 Å². The molecule has 25 heavy (non-hydrogen) atoms. The number of fused-ring (bicyclic) bond motifs is 1. The molecule has 0 saturated heterocycles. The molecule has 1 aliphatic heterocycles. The van der Waals surface area contributed by atoms with Crippen molar-refractivity contribution in [1.29, 1.82) is 0 Å². The molecule has 4 heterocycles. The van der Waals surface area contributed by atoms with E-state index in [-0.39, 0.29) is 12.1 Å². The van der Waals surface area contributed by atoms with Crippen molar-refractivity contribution >= 4 is 11.8 Å². The second kappa shape index (κ2) is 6.34. The third-order valence-corrected chi connectivity index (χ3v) is 4.14. The van der Waals surface area contributed by atoms with Gasteiger partial charge < -0.3 is 5.32 Å². The van der Waals surface area contributed by atoms with E-state index in [1.165, 1.54) is 0 Å². The van der Waals surface area contributed by atoms with Gasteiger partial charge in [-0.1, -0.05) is 0 Å². The molecule has 0 aliphatic carbocycles. The van der Waals surface area contributed by atoms with Crippen LogP contribution in [-0.2, 0) is 13.0 Å². The minimum atomic E-state index is -0.275. The van der Waals surface area contributed by atoms with Crippen molar-refractivity contribution in [3.8, 4) is 5.82 Å². The molecule has 0 fully saturated rings. The molecule has 0 radical (unpaired) electrons. The molecule has 1 aliphatic rings. The Bertz CT molecular complexity index is 899. The second-order valence-electron chi connectivity index (χ2n) is 6.01. The summed E-state index contributed by atoms with van der Waals surface area (Å²) in [5.74, 6) is 2.18. The number of hydrogen-bond donors (Lipinski definition) is 2. The maximum absolute atomic E-state index is 12.4. The third kappa shape index (κ3) is 3.21. The number of carbonyl (C=O) groups excluding carboxylic acids is 1. The highest BCUT2D eigenvalue weighted by molar-refractivity contribution is 5.88. The smallest absolute Gasteiger partial charge is 0.320 e. The molecule has 0 saturated carbocycles. The van der Waals surface area contributed by atoms with Gasteiger partial charge in [0.25, 0.3) is 0 Å². The maximum Gasteiger partial charge on any atom is 0.320 e. The summed E-state index contributed by atoms with van der Waals surface area (Å²) in [7, 11) is 0. The molecule has 3 aromatic heterocycles. The first-order chi connectivity index (χ1) is 12.2. The number of pyridine rings is 1. The van der Waals surface area contributed by atoms with Crippen molar-refractivity contribution in [3.05, 3.63) is 48.3 Å². The summed E-state index contributed by atoms with van der Waals surface area (Å²) in [6.45, 7) is 2.61. The SMILES string of the molecule is Cc1ccnc(-n2nccc2NC(=O)N[C@@H]2CCc3ncnn3C2)c1. The Labute approximate surface area is 144 Å². The van der Waals surface area contributed by atoms with Gasteiger partial charge in [0.1, 0.15) is 18.0 Å². The minimum absolute atomic E-state index is 0.0164. The van der Waals surface area contributed by atoms with Crippen LogP contribution in [0.15, 0.2) is 36.9 Å². The van der Waals surface area contributed by atoms with Crippen LogP contribution in [0.3, 0.4) is 0 Å². The third-order valence-electron chi connectivity index (χ3n) is 4.14. The summed E-state index contributed by atoms with van der Waals surface area (Å²) < 4.78 is 3.43. The van der Waals surface area contributed by atoms with E-state index in [9.17, 15) is 4.79 Å². The molecule has 0 bridgehead atoms. The number of nitrogens with one attached hydrogen (secondary N) is 2. The molecule has 0 unspecified atom stereocenters. The minimum Gasteiger partial charge on any atom is -0.333 e. The molecule has 0 aromatic carbocycles. The Morgan fingerprint density at radius 2 is 2.16 bits per heavy atom. The van der Waals surface area contributed by atoms with Crippen molar-refractivity contribution in [3.63, 3.8) is 0 Å². The van der Waals surface area contributed by atoms with E-state index >= 15 is 0 Å². The van der Waals surface area contributed by atoms with Crippen LogP contribution in [0.4, 0.5) is 10.6 Å². The van der Waals surface area contributed by atoms with Gasteiger partial charge in [0.05, 0.1) is 18.8 Å². The van der Waals surface area contributed by atoms with Crippen LogP contribution in [0.5, 0.6) is 0 Å². The average Bonchev–Trinajstić information content (AvgIpc) is 3.23. The van der Waals surface area contributed by atoms with E-state index < -0.39 is 0 Å². The molecule has 9 heteroatoms. The first-order valence-electron chi connectivity index (χ1n) is 8.10. The number of hydrogen-bond acceptors (Lipinski definition) is 5. The van der Waals surface area contributed by atoms with E-state index in [1.807, 2.05) is 23.7 Å². The largest absolute Gasteiger partial charge is 0.333 e. The van der Waals surface area contributed by atoms with Gasteiger partial charge in [-0.2, -0.15) is 14.9 Å². The summed E-state index contributed by atoms with van der Waals surface area (Å²) in [5.41, 5.74) is 1.07. The van der Waals surface area contributed by atoms with Gasteiger partial charge in [0.15, 0.2) is 5.82 Å². The van der Waals surface area contributed by atoms with Crippen LogP contribution in [0.2, 0.25) is 0 Å². The zero-order valence-corrected chi connectivity index (χ0v) is 13.8. The van der Waals surface area contributed by atoms with Gasteiger partial charge in [0, 0.05) is 18.7 Å². The van der Waals surface area contributed by atoms with E-state index in [0.717, 1.165) is 24.2 Å². The Balaban J connectivity index is 1.43. The first kappa shape index (κ1) is 15.3. The summed E-state index contributed by atoms with van der Waals surface area (Å²) in [4.78, 5) is 20.8. The maximum atomic E-state index is 12.4. The Kier molecular flexibility index (Phi) is 3.88. The molecule has 1 atom stereocenters. The van der Waals surface area contributed by atoms with Gasteiger partial charge in [-0.25, -0.2) is 19.4 Å². The summed E-state index contributed by atoms with van der Waals surface area (Å²) in [6.07, 6.45) is 6.53. The highest BCUT2D eigenvalue weighted by atomic mass is 16.2. The molecule has 2 N–H and O–H groups in total. The van der Waals surface area contributed by atoms with Crippen LogP contribution < -0.4 is 10.6 Å². The number of carbonyl (C=O) groups is 1. The number of urea groups is 1. The fourth-order valence-electron chi connectivity index (χ4n) is 2.91. The van der Waals surface area contributed by atoms with Gasteiger partial charge in [0.2, 0.25) is 0 Å². The Hall–Kier alpha value is -3.23. The van der Waals surface area contributed by atoms with Crippen LogP contribution in [-0.4, -0.2) is 41.6 Å². The van der Waals surface area contributed by atoms with Crippen molar-refractivity contribution < 1.29 is 4.79 Å². The van der Waals surface area contributed by atoms with Crippen molar-refractivity contribution in [2.45, 2.75) is 32.4 Å². The molecule has 128 valence electrons. The molecule has 2 amide bonds. The van der Waals surface area contributed by atoms with Crippen LogP contribution in [0, 0.1) is 6.92 Å². The highest BCUT2D eigenvalue weighted by Gasteiger charge is 2.21. The zero-order valence-electron chi connectivity index (χ0n) is 13.8. The predicted molar refractivity (Wildman–Crippen MR) is 90.4 cm³/mol. The highest BCUT2D eigenvalue weighted by Crippen LogP contribution is 2.15. The van der Waals surface area contributed by atoms with Crippen LogP contribution in [0.25, 0.3) is 5.82 Å². The molecule has 0 spiro atoms. The van der Waals surface area contributed by atoms with Crippen molar-refractivity contribution in [1.82, 2.24) is 34.8 Å². The first-order valence-corrected chi connectivity index (χ1v) is 8.10. The summed E-state index contributed by atoms with van der Waals surface area (Å²) in [5, 5.41) is 14.2. The van der Waals surface area contributed by atoms with Gasteiger partial charge >= 0.3 is 6.03 Å². The molecule has 3 aromatic rings. The number of amides is 2. The summed E-state index contributed by atoms with van der Waals surface area (Å²) in [6, 6.07) is 5.29. The summed E-state index contributed by atoms with van der Waals surface area (Å²) >= 11 is 0. The van der Waals surface area contributed by atoms with Crippen molar-refractivity contribution in [2.75, 3.05) is 5.32 Å². The zero-order chi connectivity index (χ0) is 17.2. The monoisotopic (exact) mass is 338 g/mol. The Morgan fingerprint density at radius 1 is 1.24 bits per heavy atom. The van der Waals surface area contributed by atoms with E-state index in [2.05, 4.69) is 30.8 Å². The number of aromatic nitrogens is 6. The molecular weight excluding hydrogens is 320 g/mol. The lowest BCUT2D eigenvalue weighted by atomic mass is 10.1. The van der Waals surface area contributed by atoms with Gasteiger partial charge in [-0.3, -0.25) is 5.32 Å². The topological polar surface area (TPSA) is 103 Å². The molecule has 9 nitrogen and oxygen atoms in total. The predicted octanol–water partition coefficient (Wildman–Crippen LogP) is 1.30. The van der Waals surface area contributed by atoms with Crippen LogP contribution >= 0.6 is 0 Å². The van der Waals surface area contributed by atoms with Crippen molar-refractivity contribution in [2.24, 2.45) is 0 Å². The van der Waals surface area contributed by atoms with E-state index in [0.29, 0.717) is 18.2 Å². The average molecular weight is 338 g/mol. The fraction of sp³-hybridized carbons (Fsp3) is 0.312. The molecule has 4 rings (SSSR count). The fourth-order valence-corrected chi connectivity index (χ4v) is 2.91. The van der Waals surface area contributed by atoms with Crippen LogP contribution in [0.1, 0.15) is 17.8 Å².